The van der Waals surface area contributed by atoms with Gasteiger partial charge >= 0.3 is 0 Å². The summed E-state index contributed by atoms with van der Waals surface area (Å²) < 4.78 is 12.5. The van der Waals surface area contributed by atoms with E-state index in [1.807, 2.05) is 47.0 Å². The standard InChI is InChI=1S/C23H21N3O3/c1-28-20-13-12-17(14-21(20)29-2)22(27)25-23-24-18-10-6-7-11-19(18)26(23)15-16-8-4-3-5-9-16/h3-14H,15H2,1-2H3,(H,24,25,27). The molecule has 0 spiro atoms. The van der Waals surface area contributed by atoms with Gasteiger partial charge in [-0.1, -0.05) is 42.5 Å². The minimum Gasteiger partial charge on any atom is -0.493 e. The van der Waals surface area contributed by atoms with Gasteiger partial charge in [-0.2, -0.15) is 0 Å². The smallest absolute Gasteiger partial charge is 0.258 e. The van der Waals surface area contributed by atoms with Crippen LogP contribution in [0.2, 0.25) is 0 Å². The number of benzene rings is 3. The predicted octanol–water partition coefficient (Wildman–Crippen LogP) is 4.35. The van der Waals surface area contributed by atoms with Crippen molar-refractivity contribution in [2.24, 2.45) is 0 Å². The maximum atomic E-state index is 12.9. The van der Waals surface area contributed by atoms with Crippen LogP contribution in [0, 0.1) is 0 Å². The van der Waals surface area contributed by atoms with Crippen LogP contribution in [0.5, 0.6) is 11.5 Å². The molecule has 0 saturated heterocycles. The van der Waals surface area contributed by atoms with Gasteiger partial charge in [-0.3, -0.25) is 10.1 Å². The summed E-state index contributed by atoms with van der Waals surface area (Å²) in [5, 5.41) is 2.94. The first-order valence-corrected chi connectivity index (χ1v) is 9.22. The summed E-state index contributed by atoms with van der Waals surface area (Å²) >= 11 is 0. The van der Waals surface area contributed by atoms with Crippen molar-refractivity contribution >= 4 is 22.9 Å². The molecule has 1 amide bonds. The quantitative estimate of drug-likeness (QED) is 0.534. The monoisotopic (exact) mass is 387 g/mol. The second kappa shape index (κ2) is 8.06. The molecule has 0 aliphatic carbocycles. The average Bonchev–Trinajstić information content (AvgIpc) is 3.10. The molecule has 146 valence electrons. The Bertz CT molecular complexity index is 1150. The van der Waals surface area contributed by atoms with Gasteiger partial charge in [-0.25, -0.2) is 4.98 Å². The summed E-state index contributed by atoms with van der Waals surface area (Å²) in [5.74, 6) is 1.30. The summed E-state index contributed by atoms with van der Waals surface area (Å²) in [6.45, 7) is 0.600. The minimum absolute atomic E-state index is 0.268. The van der Waals surface area contributed by atoms with Crippen LogP contribution in [-0.4, -0.2) is 29.7 Å². The van der Waals surface area contributed by atoms with E-state index >= 15 is 0 Å². The van der Waals surface area contributed by atoms with Gasteiger partial charge in [0.2, 0.25) is 5.95 Å². The van der Waals surface area contributed by atoms with Crippen LogP contribution >= 0.6 is 0 Å². The zero-order valence-electron chi connectivity index (χ0n) is 16.3. The number of carbonyl (C=O) groups excluding carboxylic acids is 1. The molecular weight excluding hydrogens is 366 g/mol. The third-order valence-electron chi connectivity index (χ3n) is 4.71. The summed E-state index contributed by atoms with van der Waals surface area (Å²) in [6, 6.07) is 23.0. The van der Waals surface area contributed by atoms with Gasteiger partial charge in [0.1, 0.15) is 0 Å². The van der Waals surface area contributed by atoms with E-state index in [1.165, 1.54) is 0 Å². The number of ether oxygens (including phenoxy) is 2. The Kier molecular flexibility index (Phi) is 5.16. The van der Waals surface area contributed by atoms with E-state index in [0.717, 1.165) is 16.6 Å². The summed E-state index contributed by atoms with van der Waals surface area (Å²) in [5.41, 5.74) is 3.36. The number of carbonyl (C=O) groups is 1. The Morgan fingerprint density at radius 2 is 1.66 bits per heavy atom. The minimum atomic E-state index is -0.268. The highest BCUT2D eigenvalue weighted by molar-refractivity contribution is 6.04. The number of methoxy groups -OCH3 is 2. The molecular formula is C23H21N3O3. The van der Waals surface area contributed by atoms with E-state index in [9.17, 15) is 4.79 Å². The third-order valence-corrected chi connectivity index (χ3v) is 4.71. The number of hydrogen-bond donors (Lipinski definition) is 1. The average molecular weight is 387 g/mol. The maximum Gasteiger partial charge on any atom is 0.258 e. The number of imidazole rings is 1. The second-order valence-electron chi connectivity index (χ2n) is 6.52. The van der Waals surface area contributed by atoms with Gasteiger partial charge in [0.15, 0.2) is 11.5 Å². The molecule has 6 heteroatoms. The fourth-order valence-electron chi connectivity index (χ4n) is 3.25. The molecule has 0 unspecified atom stereocenters. The van der Waals surface area contributed by atoms with E-state index in [-0.39, 0.29) is 5.91 Å². The van der Waals surface area contributed by atoms with Crippen molar-refractivity contribution in [3.8, 4) is 11.5 Å². The molecule has 4 aromatic rings. The highest BCUT2D eigenvalue weighted by atomic mass is 16.5. The van der Waals surface area contributed by atoms with Crippen LogP contribution < -0.4 is 14.8 Å². The van der Waals surface area contributed by atoms with E-state index in [2.05, 4.69) is 22.4 Å². The van der Waals surface area contributed by atoms with Crippen molar-refractivity contribution in [2.75, 3.05) is 19.5 Å². The Hall–Kier alpha value is -3.80. The van der Waals surface area contributed by atoms with Crippen molar-refractivity contribution in [2.45, 2.75) is 6.54 Å². The molecule has 1 heterocycles. The molecule has 0 aliphatic rings. The van der Waals surface area contributed by atoms with Crippen LogP contribution in [0.3, 0.4) is 0 Å². The van der Waals surface area contributed by atoms with Crippen molar-refractivity contribution in [1.82, 2.24) is 9.55 Å². The van der Waals surface area contributed by atoms with E-state index in [4.69, 9.17) is 9.47 Å². The van der Waals surface area contributed by atoms with Gasteiger partial charge in [0.05, 0.1) is 31.8 Å². The zero-order chi connectivity index (χ0) is 20.2. The Labute approximate surface area is 168 Å². The third kappa shape index (κ3) is 3.78. The van der Waals surface area contributed by atoms with E-state index in [0.29, 0.717) is 29.6 Å². The summed E-state index contributed by atoms with van der Waals surface area (Å²) in [6.07, 6.45) is 0. The molecule has 3 aromatic carbocycles. The van der Waals surface area contributed by atoms with Crippen LogP contribution in [0.1, 0.15) is 15.9 Å². The molecule has 6 nitrogen and oxygen atoms in total. The highest BCUT2D eigenvalue weighted by Crippen LogP contribution is 2.28. The fraction of sp³-hybridized carbons (Fsp3) is 0.130. The molecule has 4 rings (SSSR count). The Morgan fingerprint density at radius 1 is 0.931 bits per heavy atom. The largest absolute Gasteiger partial charge is 0.493 e. The van der Waals surface area contributed by atoms with E-state index < -0.39 is 0 Å². The molecule has 0 saturated carbocycles. The van der Waals surface area contributed by atoms with Crippen LogP contribution in [-0.2, 0) is 6.54 Å². The normalized spacial score (nSPS) is 10.7. The molecule has 1 N–H and O–H groups in total. The molecule has 0 radical (unpaired) electrons. The maximum absolute atomic E-state index is 12.9. The molecule has 0 bridgehead atoms. The number of aromatic nitrogens is 2. The SMILES string of the molecule is COc1ccc(C(=O)Nc2nc3ccccc3n2Cc2ccccc2)cc1OC. The van der Waals surface area contributed by atoms with Gasteiger partial charge < -0.3 is 14.0 Å². The van der Waals surface area contributed by atoms with Crippen molar-refractivity contribution in [1.29, 1.82) is 0 Å². The number of amides is 1. The number of hydrogen-bond acceptors (Lipinski definition) is 4. The first kappa shape index (κ1) is 18.6. The number of rotatable bonds is 6. The molecule has 29 heavy (non-hydrogen) atoms. The number of para-hydroxylation sites is 2. The van der Waals surface area contributed by atoms with Crippen molar-refractivity contribution in [3.63, 3.8) is 0 Å². The van der Waals surface area contributed by atoms with Crippen LogP contribution in [0.15, 0.2) is 72.8 Å². The van der Waals surface area contributed by atoms with E-state index in [1.54, 1.807) is 32.4 Å². The molecule has 1 aromatic heterocycles. The van der Waals surface area contributed by atoms with Crippen LogP contribution in [0.4, 0.5) is 5.95 Å². The number of nitrogens with one attached hydrogen (secondary N) is 1. The predicted molar refractivity (Wildman–Crippen MR) is 113 cm³/mol. The van der Waals surface area contributed by atoms with Gasteiger partial charge in [-0.05, 0) is 35.9 Å². The lowest BCUT2D eigenvalue weighted by molar-refractivity contribution is 0.102. The molecule has 0 atom stereocenters. The topological polar surface area (TPSA) is 65.4 Å². The number of fused-ring (bicyclic) bond motifs is 1. The molecule has 0 aliphatic heterocycles. The van der Waals surface area contributed by atoms with Crippen molar-refractivity contribution in [3.05, 3.63) is 83.9 Å². The van der Waals surface area contributed by atoms with Gasteiger partial charge in [0, 0.05) is 5.56 Å². The van der Waals surface area contributed by atoms with Crippen LogP contribution in [0.25, 0.3) is 11.0 Å². The van der Waals surface area contributed by atoms with Gasteiger partial charge in [0.25, 0.3) is 5.91 Å². The van der Waals surface area contributed by atoms with Crippen molar-refractivity contribution < 1.29 is 14.3 Å². The highest BCUT2D eigenvalue weighted by Gasteiger charge is 2.16. The lowest BCUT2D eigenvalue weighted by Gasteiger charge is -2.12. The Morgan fingerprint density at radius 3 is 2.41 bits per heavy atom. The Balaban J connectivity index is 1.69. The van der Waals surface area contributed by atoms with Gasteiger partial charge in [-0.15, -0.1) is 0 Å². The molecule has 0 fully saturated rings. The lowest BCUT2D eigenvalue weighted by Crippen LogP contribution is -2.16. The number of anilines is 1. The second-order valence-corrected chi connectivity index (χ2v) is 6.52. The lowest BCUT2D eigenvalue weighted by atomic mass is 10.2. The fourth-order valence-corrected chi connectivity index (χ4v) is 3.25. The summed E-state index contributed by atoms with van der Waals surface area (Å²) in [4.78, 5) is 17.5. The first-order chi connectivity index (χ1) is 14.2. The number of nitrogens with zero attached hydrogens (tertiary/aromatic N) is 2. The zero-order valence-corrected chi connectivity index (χ0v) is 16.3. The first-order valence-electron chi connectivity index (χ1n) is 9.22. The summed E-state index contributed by atoms with van der Waals surface area (Å²) in [7, 11) is 3.10.